The zero-order chi connectivity index (χ0) is 40.7. The lowest BCUT2D eigenvalue weighted by Gasteiger charge is -2.15. The summed E-state index contributed by atoms with van der Waals surface area (Å²) in [6.07, 6.45) is 0. The molecule has 3 aromatic heterocycles. The molecule has 288 valence electrons. The van der Waals surface area contributed by atoms with Crippen molar-refractivity contribution >= 4 is 75.9 Å². The Morgan fingerprint density at radius 3 is 1.42 bits per heavy atom. The lowest BCUT2D eigenvalue weighted by atomic mass is 10.0. The molecule has 5 nitrogen and oxygen atoms in total. The second-order valence-electron chi connectivity index (χ2n) is 16.0. The van der Waals surface area contributed by atoms with E-state index in [4.69, 9.17) is 15.0 Å². The van der Waals surface area contributed by atoms with Crippen molar-refractivity contribution in [3.63, 3.8) is 0 Å². The van der Waals surface area contributed by atoms with Gasteiger partial charge >= 0.3 is 0 Å². The van der Waals surface area contributed by atoms with Crippen LogP contribution in [0.3, 0.4) is 0 Å². The zero-order valence-electron chi connectivity index (χ0n) is 33.4. The maximum absolute atomic E-state index is 5.12. The smallest absolute Gasteiger partial charge is 0.164 e. The van der Waals surface area contributed by atoms with Crippen molar-refractivity contribution in [2.75, 3.05) is 0 Å². The minimum atomic E-state index is 0.640. The van der Waals surface area contributed by atoms with Gasteiger partial charge in [-0.3, -0.25) is 0 Å². The third-order valence-electron chi connectivity index (χ3n) is 12.5. The van der Waals surface area contributed by atoms with Gasteiger partial charge in [-0.2, -0.15) is 0 Å². The summed E-state index contributed by atoms with van der Waals surface area (Å²) in [5.74, 6) is 1.93. The minimum absolute atomic E-state index is 0.640. The van der Waals surface area contributed by atoms with Crippen molar-refractivity contribution in [2.45, 2.75) is 0 Å². The van der Waals surface area contributed by atoms with Crippen molar-refractivity contribution in [3.05, 3.63) is 212 Å². The molecule has 13 rings (SSSR count). The van der Waals surface area contributed by atoms with E-state index in [1.807, 2.05) is 60.7 Å². The predicted octanol–water partition coefficient (Wildman–Crippen LogP) is 14.5. The first-order valence-corrected chi connectivity index (χ1v) is 21.0. The molecule has 0 aliphatic heterocycles. The third-order valence-corrected chi connectivity index (χ3v) is 12.5. The summed E-state index contributed by atoms with van der Waals surface area (Å²) >= 11 is 0. The summed E-state index contributed by atoms with van der Waals surface area (Å²) in [6.45, 7) is 0. The Labute approximate surface area is 356 Å². The number of nitrogens with zero attached hydrogens (tertiary/aromatic N) is 5. The third kappa shape index (κ3) is 5.32. The van der Waals surface area contributed by atoms with Crippen molar-refractivity contribution in [3.8, 4) is 45.5 Å². The van der Waals surface area contributed by atoms with Crippen LogP contribution in [0.15, 0.2) is 212 Å². The quantitative estimate of drug-likeness (QED) is 0.174. The van der Waals surface area contributed by atoms with E-state index in [0.29, 0.717) is 17.5 Å². The summed E-state index contributed by atoms with van der Waals surface area (Å²) in [4.78, 5) is 15.2. The van der Waals surface area contributed by atoms with E-state index in [9.17, 15) is 0 Å². The summed E-state index contributed by atoms with van der Waals surface area (Å²) in [5, 5.41) is 12.0. The van der Waals surface area contributed by atoms with Crippen LogP contribution in [0.25, 0.3) is 121 Å². The lowest BCUT2D eigenvalue weighted by molar-refractivity contribution is 1.08. The van der Waals surface area contributed by atoms with Gasteiger partial charge < -0.3 is 9.13 Å². The van der Waals surface area contributed by atoms with E-state index in [2.05, 4.69) is 161 Å². The monoisotopic (exact) mass is 789 g/mol. The van der Waals surface area contributed by atoms with Gasteiger partial charge in [0.2, 0.25) is 0 Å². The number of aromatic nitrogens is 5. The summed E-state index contributed by atoms with van der Waals surface area (Å²) in [6, 6.07) is 75.9. The van der Waals surface area contributed by atoms with Gasteiger partial charge in [-0.1, -0.05) is 152 Å². The van der Waals surface area contributed by atoms with Crippen LogP contribution in [0, 0.1) is 0 Å². The molecule has 10 aromatic carbocycles. The fraction of sp³-hybridized carbons (Fsp3) is 0. The van der Waals surface area contributed by atoms with Crippen LogP contribution in [0.5, 0.6) is 0 Å². The van der Waals surface area contributed by atoms with Gasteiger partial charge in [-0.15, -0.1) is 0 Å². The molecule has 0 spiro atoms. The van der Waals surface area contributed by atoms with Gasteiger partial charge in [0, 0.05) is 49.3 Å². The normalized spacial score (nSPS) is 11.9. The predicted molar refractivity (Wildman–Crippen MR) is 257 cm³/mol. The first-order valence-electron chi connectivity index (χ1n) is 21.0. The molecule has 5 heteroatoms. The van der Waals surface area contributed by atoms with E-state index in [-0.39, 0.29) is 0 Å². The van der Waals surface area contributed by atoms with E-state index in [1.54, 1.807) is 0 Å². The van der Waals surface area contributed by atoms with E-state index in [1.165, 1.54) is 54.1 Å². The fourth-order valence-electron chi connectivity index (χ4n) is 9.63. The standard InChI is InChI=1S/C57H35N5/c1-3-15-36(16-4-1)55-58-56(37-17-5-2-6-18-37)60-57(59-55)47-29-30-52(44-22-10-9-21-43(44)47)62-51-26-14-12-24-46(51)49-33-41-31-42(28-27-40(41)35-54(49)62)61-50-25-13-11-23-45(50)48-32-38-19-7-8-20-39(38)34-53(48)61/h1-35H. The Bertz CT molecular complexity index is 3860. The summed E-state index contributed by atoms with van der Waals surface area (Å²) in [5.41, 5.74) is 9.83. The van der Waals surface area contributed by atoms with Gasteiger partial charge in [0.25, 0.3) is 0 Å². The molecule has 0 bridgehead atoms. The van der Waals surface area contributed by atoms with Crippen molar-refractivity contribution in [2.24, 2.45) is 0 Å². The zero-order valence-corrected chi connectivity index (χ0v) is 33.4. The summed E-state index contributed by atoms with van der Waals surface area (Å²) in [7, 11) is 0. The van der Waals surface area contributed by atoms with Gasteiger partial charge in [0.15, 0.2) is 17.5 Å². The molecule has 0 aliphatic rings. The van der Waals surface area contributed by atoms with Crippen LogP contribution in [0.1, 0.15) is 0 Å². The van der Waals surface area contributed by atoms with Crippen molar-refractivity contribution in [1.29, 1.82) is 0 Å². The highest BCUT2D eigenvalue weighted by atomic mass is 15.0. The average molecular weight is 790 g/mol. The van der Waals surface area contributed by atoms with Crippen molar-refractivity contribution < 1.29 is 0 Å². The van der Waals surface area contributed by atoms with E-state index >= 15 is 0 Å². The SMILES string of the molecule is c1ccc(-c2nc(-c3ccccc3)nc(-c3ccc(-n4c5ccccc5c5cc6cc(-n7c8ccccc8c8cc9ccccc9cc87)ccc6cc54)c4ccccc34)n2)cc1. The van der Waals surface area contributed by atoms with Gasteiger partial charge in [-0.05, 0) is 87.6 Å². The Morgan fingerprint density at radius 1 is 0.274 bits per heavy atom. The first-order chi connectivity index (χ1) is 30.7. The molecule has 0 atom stereocenters. The van der Waals surface area contributed by atoms with Crippen LogP contribution in [0.2, 0.25) is 0 Å². The second-order valence-corrected chi connectivity index (χ2v) is 16.0. The Kier molecular flexibility index (Phi) is 7.54. The first kappa shape index (κ1) is 34.5. The number of benzene rings is 10. The van der Waals surface area contributed by atoms with E-state index < -0.39 is 0 Å². The topological polar surface area (TPSA) is 48.5 Å². The van der Waals surface area contributed by atoms with Crippen LogP contribution in [-0.2, 0) is 0 Å². The molecule has 62 heavy (non-hydrogen) atoms. The number of fused-ring (bicyclic) bond motifs is 9. The highest BCUT2D eigenvalue weighted by Crippen LogP contribution is 2.41. The highest BCUT2D eigenvalue weighted by Gasteiger charge is 2.20. The molecule has 13 aromatic rings. The largest absolute Gasteiger partial charge is 0.309 e. The molecular weight excluding hydrogens is 755 g/mol. The van der Waals surface area contributed by atoms with Gasteiger partial charge in [0.05, 0.1) is 27.8 Å². The Balaban J connectivity index is 1.00. The number of rotatable bonds is 5. The molecular formula is C57H35N5. The van der Waals surface area contributed by atoms with E-state index in [0.717, 1.165) is 49.9 Å². The Morgan fingerprint density at radius 2 is 0.758 bits per heavy atom. The molecule has 0 unspecified atom stereocenters. The van der Waals surface area contributed by atoms with Gasteiger partial charge in [-0.25, -0.2) is 15.0 Å². The lowest BCUT2D eigenvalue weighted by Crippen LogP contribution is -2.01. The molecule has 0 saturated carbocycles. The van der Waals surface area contributed by atoms with Crippen LogP contribution >= 0.6 is 0 Å². The summed E-state index contributed by atoms with van der Waals surface area (Å²) < 4.78 is 4.86. The second kappa shape index (κ2) is 13.6. The molecule has 0 amide bonds. The minimum Gasteiger partial charge on any atom is -0.309 e. The molecule has 0 aliphatic carbocycles. The molecule has 0 saturated heterocycles. The molecule has 0 N–H and O–H groups in total. The Hall–Kier alpha value is -8.41. The number of hydrogen-bond acceptors (Lipinski definition) is 3. The van der Waals surface area contributed by atoms with Crippen LogP contribution in [0.4, 0.5) is 0 Å². The maximum atomic E-state index is 5.12. The van der Waals surface area contributed by atoms with Crippen LogP contribution in [-0.4, -0.2) is 24.1 Å². The molecule has 0 fully saturated rings. The molecule has 0 radical (unpaired) electrons. The van der Waals surface area contributed by atoms with Gasteiger partial charge in [0.1, 0.15) is 0 Å². The number of para-hydroxylation sites is 2. The molecule has 3 heterocycles. The average Bonchev–Trinajstić information content (AvgIpc) is 3.83. The maximum Gasteiger partial charge on any atom is 0.164 e. The van der Waals surface area contributed by atoms with Crippen LogP contribution < -0.4 is 0 Å². The van der Waals surface area contributed by atoms with Crippen molar-refractivity contribution in [1.82, 2.24) is 24.1 Å². The fourth-order valence-corrected chi connectivity index (χ4v) is 9.63. The highest BCUT2D eigenvalue weighted by molar-refractivity contribution is 6.16. The number of hydrogen-bond donors (Lipinski definition) is 0.